The van der Waals surface area contributed by atoms with Crippen molar-refractivity contribution in [2.45, 2.75) is 31.0 Å². The van der Waals surface area contributed by atoms with Crippen LogP contribution in [0.1, 0.15) is 46.1 Å². The minimum absolute atomic E-state index is 0.0117. The molecule has 0 radical (unpaired) electrons. The maximum Gasteiger partial charge on any atom is 0.254 e. The highest BCUT2D eigenvalue weighted by Crippen LogP contribution is 2.53. The lowest BCUT2D eigenvalue weighted by atomic mass is 9.84. The molecule has 0 N–H and O–H groups in total. The van der Waals surface area contributed by atoms with Gasteiger partial charge in [-0.1, -0.05) is 40.2 Å². The smallest absolute Gasteiger partial charge is 0.254 e. The predicted octanol–water partition coefficient (Wildman–Crippen LogP) is 4.79. The molecule has 2 aliphatic rings. The fourth-order valence-electron chi connectivity index (χ4n) is 3.82. The van der Waals surface area contributed by atoms with Gasteiger partial charge in [0.2, 0.25) is 0 Å². The van der Waals surface area contributed by atoms with Gasteiger partial charge in [-0.2, -0.15) is 0 Å². The Balaban J connectivity index is 1.62. The van der Waals surface area contributed by atoms with Crippen LogP contribution in [0.2, 0.25) is 0 Å². The molecule has 1 aliphatic heterocycles. The van der Waals surface area contributed by atoms with Crippen LogP contribution in [-0.2, 0) is 12.0 Å². The number of nitrogens with zero attached hydrogens (tertiary/aromatic N) is 1. The third kappa shape index (κ3) is 3.02. The number of methoxy groups -OCH3 is 1. The second kappa shape index (κ2) is 6.69. The molecule has 0 bridgehead atoms. The first-order chi connectivity index (χ1) is 12.6. The molecule has 1 spiro atoms. The van der Waals surface area contributed by atoms with Gasteiger partial charge in [-0.3, -0.25) is 4.79 Å². The highest BCUT2D eigenvalue weighted by molar-refractivity contribution is 9.09. The van der Waals surface area contributed by atoms with Gasteiger partial charge in [0.1, 0.15) is 11.9 Å². The number of carbonyl (C=O) groups is 1. The molecule has 1 unspecified atom stereocenters. The maximum atomic E-state index is 14.1. The summed E-state index contributed by atoms with van der Waals surface area (Å²) >= 11 is 3.20. The lowest BCUT2D eigenvalue weighted by molar-refractivity contribution is 0.0698. The number of carbonyl (C=O) groups excluding carboxylic acids is 1. The van der Waals surface area contributed by atoms with Crippen LogP contribution < -0.4 is 4.74 Å². The van der Waals surface area contributed by atoms with Crippen LogP contribution in [0.25, 0.3) is 0 Å². The fourth-order valence-corrected chi connectivity index (χ4v) is 4.19. The van der Waals surface area contributed by atoms with E-state index >= 15 is 0 Å². The van der Waals surface area contributed by atoms with Crippen LogP contribution in [0.3, 0.4) is 0 Å². The van der Waals surface area contributed by atoms with Gasteiger partial charge in [0, 0.05) is 29.4 Å². The van der Waals surface area contributed by atoms with E-state index in [0.717, 1.165) is 35.3 Å². The molecule has 26 heavy (non-hydrogen) atoms. The summed E-state index contributed by atoms with van der Waals surface area (Å²) < 4.78 is 19.3. The van der Waals surface area contributed by atoms with E-state index in [9.17, 15) is 9.18 Å². The van der Waals surface area contributed by atoms with Crippen molar-refractivity contribution in [2.75, 3.05) is 19.0 Å². The number of hydrogen-bond donors (Lipinski definition) is 0. The molecule has 0 saturated heterocycles. The molecule has 5 heteroatoms. The summed E-state index contributed by atoms with van der Waals surface area (Å²) in [4.78, 5) is 14.9. The standard InChI is InChI=1S/C21H21BrFNO2/c1-26-16-5-2-14(3-6-16)12-24-13-21(8-9-21)18-10-15(19(23)11-22)4-7-17(18)20(24)25/h2-7,10,19H,8-9,11-13H2,1H3. The molecule has 1 saturated carbocycles. The number of benzene rings is 2. The second-order valence-electron chi connectivity index (χ2n) is 7.22. The van der Waals surface area contributed by atoms with E-state index < -0.39 is 6.17 Å². The van der Waals surface area contributed by atoms with Crippen molar-refractivity contribution < 1.29 is 13.9 Å². The topological polar surface area (TPSA) is 29.5 Å². The monoisotopic (exact) mass is 417 g/mol. The largest absolute Gasteiger partial charge is 0.497 e. The van der Waals surface area contributed by atoms with E-state index in [-0.39, 0.29) is 16.7 Å². The minimum Gasteiger partial charge on any atom is -0.497 e. The summed E-state index contributed by atoms with van der Waals surface area (Å²) in [6.07, 6.45) is 1.07. The Labute approximate surface area is 161 Å². The van der Waals surface area contributed by atoms with Crippen molar-refractivity contribution in [2.24, 2.45) is 0 Å². The van der Waals surface area contributed by atoms with Crippen molar-refractivity contribution in [3.63, 3.8) is 0 Å². The number of fused-ring (bicyclic) bond motifs is 2. The van der Waals surface area contributed by atoms with E-state index in [1.54, 1.807) is 13.2 Å². The van der Waals surface area contributed by atoms with E-state index in [0.29, 0.717) is 18.7 Å². The van der Waals surface area contributed by atoms with E-state index in [1.807, 2.05) is 41.3 Å². The second-order valence-corrected chi connectivity index (χ2v) is 7.86. The van der Waals surface area contributed by atoms with Crippen LogP contribution in [0, 0.1) is 0 Å². The number of halogens is 2. The van der Waals surface area contributed by atoms with Crippen LogP contribution in [0.5, 0.6) is 5.75 Å². The molecule has 136 valence electrons. The van der Waals surface area contributed by atoms with Gasteiger partial charge in [-0.25, -0.2) is 4.39 Å². The van der Waals surface area contributed by atoms with Gasteiger partial charge in [0.05, 0.1) is 7.11 Å². The summed E-state index contributed by atoms with van der Waals surface area (Å²) in [5, 5.41) is 0.274. The molecule has 3 nitrogen and oxygen atoms in total. The van der Waals surface area contributed by atoms with Crippen molar-refractivity contribution >= 4 is 21.8 Å². The van der Waals surface area contributed by atoms with Crippen LogP contribution in [0.4, 0.5) is 4.39 Å². The molecule has 1 amide bonds. The molecular weight excluding hydrogens is 397 g/mol. The molecule has 2 aromatic rings. The van der Waals surface area contributed by atoms with Crippen molar-refractivity contribution in [1.82, 2.24) is 4.90 Å². The van der Waals surface area contributed by atoms with E-state index in [1.165, 1.54) is 0 Å². The van der Waals surface area contributed by atoms with Crippen LogP contribution >= 0.6 is 15.9 Å². The van der Waals surface area contributed by atoms with E-state index in [2.05, 4.69) is 15.9 Å². The molecular formula is C21H21BrFNO2. The number of amides is 1. The summed E-state index contributed by atoms with van der Waals surface area (Å²) in [5.41, 5.74) is 3.52. The van der Waals surface area contributed by atoms with E-state index in [4.69, 9.17) is 4.74 Å². The van der Waals surface area contributed by atoms with Gasteiger partial charge in [-0.15, -0.1) is 0 Å². The summed E-state index contributed by atoms with van der Waals surface area (Å²) in [5.74, 6) is 0.844. The average Bonchev–Trinajstić information content (AvgIpc) is 3.46. The van der Waals surface area contributed by atoms with Gasteiger partial charge in [0.25, 0.3) is 5.91 Å². The first-order valence-electron chi connectivity index (χ1n) is 8.83. The SMILES string of the molecule is COc1ccc(CN2CC3(CC3)c3cc(C(F)CBr)ccc3C2=O)cc1. The quantitative estimate of drug-likeness (QED) is 0.654. The highest BCUT2D eigenvalue weighted by atomic mass is 79.9. The number of ether oxygens (including phenoxy) is 1. The first-order valence-corrected chi connectivity index (χ1v) is 9.95. The summed E-state index contributed by atoms with van der Waals surface area (Å²) in [7, 11) is 1.64. The molecule has 1 atom stereocenters. The van der Waals surface area contributed by atoms with Crippen LogP contribution in [0.15, 0.2) is 42.5 Å². The zero-order valence-corrected chi connectivity index (χ0v) is 16.3. The first kappa shape index (κ1) is 17.5. The minimum atomic E-state index is -1.04. The van der Waals surface area contributed by atoms with Crippen LogP contribution in [-0.4, -0.2) is 29.8 Å². The lowest BCUT2D eigenvalue weighted by Crippen LogP contribution is -2.43. The highest BCUT2D eigenvalue weighted by Gasteiger charge is 2.51. The molecule has 4 rings (SSSR count). The Morgan fingerprint density at radius 2 is 1.96 bits per heavy atom. The number of rotatable bonds is 5. The third-order valence-electron chi connectivity index (χ3n) is 5.51. The Hall–Kier alpha value is -1.88. The Bertz CT molecular complexity index is 832. The van der Waals surface area contributed by atoms with Crippen molar-refractivity contribution in [1.29, 1.82) is 0 Å². The number of hydrogen-bond acceptors (Lipinski definition) is 2. The Morgan fingerprint density at radius 3 is 2.58 bits per heavy atom. The molecule has 1 fully saturated rings. The molecule has 0 aromatic heterocycles. The van der Waals surface area contributed by atoms with Crippen molar-refractivity contribution in [3.8, 4) is 5.75 Å². The maximum absolute atomic E-state index is 14.1. The summed E-state index contributed by atoms with van der Waals surface area (Å²) in [6, 6.07) is 13.3. The zero-order chi connectivity index (χ0) is 18.3. The van der Waals surface area contributed by atoms with Gasteiger partial charge < -0.3 is 9.64 Å². The molecule has 1 heterocycles. The van der Waals surface area contributed by atoms with Gasteiger partial charge in [-0.05, 0) is 47.7 Å². The number of alkyl halides is 2. The van der Waals surface area contributed by atoms with Gasteiger partial charge >= 0.3 is 0 Å². The lowest BCUT2D eigenvalue weighted by Gasteiger charge is -2.35. The zero-order valence-electron chi connectivity index (χ0n) is 14.7. The third-order valence-corrected chi connectivity index (χ3v) is 6.08. The Kier molecular flexibility index (Phi) is 4.51. The van der Waals surface area contributed by atoms with Gasteiger partial charge in [0.15, 0.2) is 0 Å². The predicted molar refractivity (Wildman–Crippen MR) is 103 cm³/mol. The average molecular weight is 418 g/mol. The normalized spacial score (nSPS) is 18.6. The fraction of sp³-hybridized carbons (Fsp3) is 0.381. The Morgan fingerprint density at radius 1 is 1.23 bits per heavy atom. The summed E-state index contributed by atoms with van der Waals surface area (Å²) in [6.45, 7) is 1.29. The molecule has 2 aromatic carbocycles. The van der Waals surface area contributed by atoms with Crippen molar-refractivity contribution in [3.05, 3.63) is 64.7 Å². The molecule has 1 aliphatic carbocycles.